The molecule has 7 nitrogen and oxygen atoms in total. The van der Waals surface area contributed by atoms with Crippen molar-refractivity contribution in [1.29, 1.82) is 0 Å². The lowest BCUT2D eigenvalue weighted by Crippen LogP contribution is -2.38. The number of Topliss-reactive ketones (excluding diaryl/α,β-unsaturated/α-hetero) is 1. The van der Waals surface area contributed by atoms with E-state index in [4.69, 9.17) is 4.18 Å². The van der Waals surface area contributed by atoms with Gasteiger partial charge in [-0.25, -0.2) is 0 Å². The molecule has 119 valence electrons. The third-order valence-electron chi connectivity index (χ3n) is 2.35. The number of hydrogen-bond acceptors (Lipinski definition) is 8. The smallest absolute Gasteiger partial charge is 0.265 e. The highest BCUT2D eigenvalue weighted by Gasteiger charge is 2.33. The maximum absolute atomic E-state index is 12.1. The van der Waals surface area contributed by atoms with Crippen molar-refractivity contribution in [1.82, 2.24) is 0 Å². The van der Waals surface area contributed by atoms with Gasteiger partial charge >= 0.3 is 0 Å². The molecule has 0 aliphatic rings. The summed E-state index contributed by atoms with van der Waals surface area (Å²) in [5, 5.41) is 0. The minimum absolute atomic E-state index is 0.133. The molecule has 20 heavy (non-hydrogen) atoms. The van der Waals surface area contributed by atoms with Crippen molar-refractivity contribution in [3.63, 3.8) is 0 Å². The van der Waals surface area contributed by atoms with Crippen molar-refractivity contribution in [2.24, 2.45) is 5.92 Å². The number of thiol groups is 1. The summed E-state index contributed by atoms with van der Waals surface area (Å²) in [6, 6.07) is 0. The van der Waals surface area contributed by atoms with Gasteiger partial charge in [0.15, 0.2) is 5.78 Å². The Morgan fingerprint density at radius 3 is 1.90 bits per heavy atom. The van der Waals surface area contributed by atoms with Crippen LogP contribution in [-0.4, -0.2) is 47.3 Å². The van der Waals surface area contributed by atoms with Crippen LogP contribution in [0.25, 0.3) is 0 Å². The fourth-order valence-corrected chi connectivity index (χ4v) is 3.10. The SMILES string of the molecule is CCC(OS(C)(=O)=O)C(=O)C(C)C([CH]S)OS(C)(=O)=O. The molecule has 0 aromatic heterocycles. The van der Waals surface area contributed by atoms with Gasteiger partial charge in [0, 0.05) is 11.7 Å². The van der Waals surface area contributed by atoms with E-state index in [9.17, 15) is 21.6 Å². The largest absolute Gasteiger partial charge is 0.296 e. The molecule has 0 rings (SSSR count). The van der Waals surface area contributed by atoms with Crippen molar-refractivity contribution in [3.05, 3.63) is 5.75 Å². The van der Waals surface area contributed by atoms with E-state index in [0.29, 0.717) is 0 Å². The molecule has 0 bridgehead atoms. The van der Waals surface area contributed by atoms with Crippen molar-refractivity contribution in [3.8, 4) is 0 Å². The Kier molecular flexibility index (Phi) is 7.67. The fourth-order valence-electron chi connectivity index (χ4n) is 1.42. The van der Waals surface area contributed by atoms with Crippen LogP contribution in [0, 0.1) is 11.7 Å². The molecule has 0 spiro atoms. The van der Waals surface area contributed by atoms with Crippen LogP contribution in [-0.2, 0) is 33.4 Å². The number of hydrogen-bond donors (Lipinski definition) is 1. The average molecular weight is 347 g/mol. The van der Waals surface area contributed by atoms with E-state index in [2.05, 4.69) is 16.8 Å². The van der Waals surface area contributed by atoms with Crippen LogP contribution in [0.3, 0.4) is 0 Å². The van der Waals surface area contributed by atoms with Gasteiger partial charge in [0.05, 0.1) is 18.6 Å². The molecule has 0 heterocycles. The van der Waals surface area contributed by atoms with Gasteiger partial charge in [-0.1, -0.05) is 13.8 Å². The van der Waals surface area contributed by atoms with Crippen molar-refractivity contribution in [2.75, 3.05) is 12.5 Å². The van der Waals surface area contributed by atoms with Crippen LogP contribution < -0.4 is 0 Å². The third kappa shape index (κ3) is 7.58. The van der Waals surface area contributed by atoms with Crippen molar-refractivity contribution < 1.29 is 30.0 Å². The molecule has 0 fully saturated rings. The maximum atomic E-state index is 12.1. The Balaban J connectivity index is 5.04. The van der Waals surface area contributed by atoms with Gasteiger partial charge in [0.1, 0.15) is 6.10 Å². The van der Waals surface area contributed by atoms with Gasteiger partial charge in [0.25, 0.3) is 20.2 Å². The molecule has 0 amide bonds. The monoisotopic (exact) mass is 347 g/mol. The second-order valence-electron chi connectivity index (χ2n) is 4.30. The Morgan fingerprint density at radius 1 is 1.15 bits per heavy atom. The van der Waals surface area contributed by atoms with Gasteiger partial charge in [-0.15, -0.1) is 0 Å². The Bertz CT molecular complexity index is 523. The Labute approximate surface area is 125 Å². The summed E-state index contributed by atoms with van der Waals surface area (Å²) >= 11 is 3.82. The van der Waals surface area contributed by atoms with E-state index in [0.717, 1.165) is 18.3 Å². The molecular formula is C10H19O7S3. The highest BCUT2D eigenvalue weighted by Crippen LogP contribution is 2.20. The summed E-state index contributed by atoms with van der Waals surface area (Å²) in [4.78, 5) is 12.1. The molecule has 0 aliphatic heterocycles. The van der Waals surface area contributed by atoms with E-state index < -0.39 is 44.1 Å². The lowest BCUT2D eigenvalue weighted by Gasteiger charge is -2.23. The zero-order valence-corrected chi connectivity index (χ0v) is 14.2. The first-order valence-electron chi connectivity index (χ1n) is 5.69. The molecule has 0 aromatic rings. The average Bonchev–Trinajstić information content (AvgIpc) is 2.28. The van der Waals surface area contributed by atoms with Crippen LogP contribution in [0.5, 0.6) is 0 Å². The summed E-state index contributed by atoms with van der Waals surface area (Å²) in [7, 11) is -7.56. The molecule has 0 aromatic carbocycles. The first-order chi connectivity index (χ1) is 8.91. The van der Waals surface area contributed by atoms with Gasteiger partial charge in [-0.3, -0.25) is 13.2 Å². The first-order valence-corrected chi connectivity index (χ1v) is 9.84. The summed E-state index contributed by atoms with van der Waals surface area (Å²) in [6.45, 7) is 3.00. The van der Waals surface area contributed by atoms with E-state index in [1.54, 1.807) is 6.92 Å². The number of ketones is 1. The van der Waals surface area contributed by atoms with Gasteiger partial charge in [-0.2, -0.15) is 29.5 Å². The van der Waals surface area contributed by atoms with Crippen LogP contribution in [0.2, 0.25) is 0 Å². The van der Waals surface area contributed by atoms with Gasteiger partial charge < -0.3 is 0 Å². The zero-order valence-electron chi connectivity index (χ0n) is 11.6. The van der Waals surface area contributed by atoms with E-state index in [1.165, 1.54) is 6.92 Å². The predicted molar refractivity (Wildman–Crippen MR) is 77.2 cm³/mol. The minimum Gasteiger partial charge on any atom is -0.296 e. The first kappa shape index (κ1) is 19.8. The fraction of sp³-hybridized carbons (Fsp3) is 0.800. The summed E-state index contributed by atoms with van der Waals surface area (Å²) < 4.78 is 53.7. The molecule has 0 saturated heterocycles. The highest BCUT2D eigenvalue weighted by molar-refractivity contribution is 7.86. The van der Waals surface area contributed by atoms with E-state index in [-0.39, 0.29) is 6.42 Å². The van der Waals surface area contributed by atoms with Crippen LogP contribution in [0.15, 0.2) is 0 Å². The van der Waals surface area contributed by atoms with E-state index in [1.807, 2.05) is 0 Å². The summed E-state index contributed by atoms with van der Waals surface area (Å²) in [5.41, 5.74) is 0. The lowest BCUT2D eigenvalue weighted by molar-refractivity contribution is -0.131. The molecule has 10 heteroatoms. The minimum atomic E-state index is -3.79. The normalized spacial score (nSPS) is 17.4. The number of carbonyl (C=O) groups excluding carboxylic acids is 1. The molecule has 1 radical (unpaired) electrons. The third-order valence-corrected chi connectivity index (χ3v) is 3.80. The second-order valence-corrected chi connectivity index (χ2v) is 7.80. The van der Waals surface area contributed by atoms with Gasteiger partial charge in [0.2, 0.25) is 0 Å². The molecule has 3 atom stereocenters. The van der Waals surface area contributed by atoms with Gasteiger partial charge in [-0.05, 0) is 6.42 Å². The topological polar surface area (TPSA) is 104 Å². The van der Waals surface area contributed by atoms with Crippen molar-refractivity contribution >= 4 is 38.6 Å². The molecule has 0 saturated carbocycles. The lowest BCUT2D eigenvalue weighted by atomic mass is 9.96. The van der Waals surface area contributed by atoms with E-state index >= 15 is 0 Å². The molecule has 3 unspecified atom stereocenters. The molecule has 0 N–H and O–H groups in total. The Hall–Kier alpha value is -0.160. The maximum Gasteiger partial charge on any atom is 0.265 e. The quantitative estimate of drug-likeness (QED) is 0.475. The highest BCUT2D eigenvalue weighted by atomic mass is 32.2. The summed E-state index contributed by atoms with van der Waals surface area (Å²) in [5.74, 6) is -0.373. The Morgan fingerprint density at radius 2 is 1.60 bits per heavy atom. The van der Waals surface area contributed by atoms with Crippen molar-refractivity contribution in [2.45, 2.75) is 32.5 Å². The number of rotatable bonds is 9. The molecular weight excluding hydrogens is 328 g/mol. The predicted octanol–water partition coefficient (Wildman–Crippen LogP) is 0.383. The standard InChI is InChI=1S/C10H19O7S3/c1-5-8(16-19(3,12)13)10(11)7(2)9(6-18)17-20(4,14)15/h6-9,18H,5H2,1-4H3. The number of carbonyl (C=O) groups is 1. The summed E-state index contributed by atoms with van der Waals surface area (Å²) in [6.07, 6.45) is -0.465. The van der Waals surface area contributed by atoms with Crippen LogP contribution in [0.4, 0.5) is 0 Å². The zero-order chi connectivity index (χ0) is 16.1. The van der Waals surface area contributed by atoms with Crippen LogP contribution >= 0.6 is 12.6 Å². The van der Waals surface area contributed by atoms with Crippen LogP contribution in [0.1, 0.15) is 20.3 Å². The second kappa shape index (κ2) is 7.74. The molecule has 0 aliphatic carbocycles.